The minimum Gasteiger partial charge on any atom is -0.451 e. The zero-order chi connectivity index (χ0) is 19.3. The third-order valence-electron chi connectivity index (χ3n) is 3.87. The number of carbonyl (C=O) groups is 2. The van der Waals surface area contributed by atoms with E-state index in [1.54, 1.807) is 0 Å². The molecule has 0 spiro atoms. The normalized spacial score (nSPS) is 10.3. The molecule has 1 aromatic heterocycles. The van der Waals surface area contributed by atoms with Gasteiger partial charge in [0.1, 0.15) is 10.3 Å². The number of nitriles is 1. The molecule has 1 heterocycles. The number of thiocyanates is 1. The van der Waals surface area contributed by atoms with Crippen molar-refractivity contribution >= 4 is 40.7 Å². The summed E-state index contributed by atoms with van der Waals surface area (Å²) in [7, 11) is 0. The number of carbonyl (C=O) groups excluding carboxylic acids is 2. The first kappa shape index (κ1) is 20.0. The quantitative estimate of drug-likeness (QED) is 0.444. The highest BCUT2D eigenvalue weighted by Gasteiger charge is 2.16. The molecule has 0 bridgehead atoms. The van der Waals surface area contributed by atoms with Crippen LogP contribution in [0.2, 0.25) is 0 Å². The molecule has 26 heavy (non-hydrogen) atoms. The molecular formula is C19H20N2O3S2. The van der Waals surface area contributed by atoms with Gasteiger partial charge in [-0.15, -0.1) is 11.3 Å². The zero-order valence-electron chi connectivity index (χ0n) is 15.1. The van der Waals surface area contributed by atoms with Crippen molar-refractivity contribution in [2.45, 2.75) is 39.0 Å². The second-order valence-corrected chi connectivity index (χ2v) is 7.91. The number of nitrogens with zero attached hydrogens (tertiary/aromatic N) is 1. The number of thiophene rings is 1. The largest absolute Gasteiger partial charge is 0.451 e. The maximum atomic E-state index is 12.1. The van der Waals surface area contributed by atoms with E-state index in [9.17, 15) is 9.59 Å². The van der Waals surface area contributed by atoms with Gasteiger partial charge in [-0.25, -0.2) is 4.79 Å². The Hall–Kier alpha value is -2.30. The summed E-state index contributed by atoms with van der Waals surface area (Å²) in [5, 5.41) is 13.6. The molecule has 0 saturated heterocycles. The number of aryl methyl sites for hydroxylation is 4. The van der Waals surface area contributed by atoms with Crippen LogP contribution >= 0.6 is 23.1 Å². The molecule has 0 saturated carbocycles. The van der Waals surface area contributed by atoms with Crippen LogP contribution in [0.4, 0.5) is 5.69 Å². The Balaban J connectivity index is 1.98. The minimum absolute atomic E-state index is 0.342. The van der Waals surface area contributed by atoms with E-state index in [2.05, 4.69) is 5.32 Å². The summed E-state index contributed by atoms with van der Waals surface area (Å²) in [6.07, 6.45) is 0.856. The van der Waals surface area contributed by atoms with Gasteiger partial charge in [-0.1, -0.05) is 6.92 Å². The molecule has 2 aromatic rings. The Bertz CT molecular complexity index is 858. The second-order valence-electron chi connectivity index (χ2n) is 5.80. The summed E-state index contributed by atoms with van der Waals surface area (Å²) in [4.78, 5) is 26.7. The van der Waals surface area contributed by atoms with Gasteiger partial charge in [0, 0.05) is 15.5 Å². The topological polar surface area (TPSA) is 79.2 Å². The number of rotatable bonds is 6. The molecule has 1 N–H and O–H groups in total. The molecule has 0 atom stereocenters. The van der Waals surface area contributed by atoms with E-state index in [1.165, 1.54) is 11.3 Å². The minimum atomic E-state index is -0.484. The third kappa shape index (κ3) is 4.87. The first-order valence-corrected chi connectivity index (χ1v) is 9.72. The molecule has 1 aromatic carbocycles. The summed E-state index contributed by atoms with van der Waals surface area (Å²) in [5.41, 5.74) is 3.49. The predicted octanol–water partition coefficient (Wildman–Crippen LogP) is 4.60. The van der Waals surface area contributed by atoms with E-state index in [0.29, 0.717) is 10.6 Å². The van der Waals surface area contributed by atoms with Crippen molar-refractivity contribution < 1.29 is 14.3 Å². The van der Waals surface area contributed by atoms with Crippen LogP contribution in [0.1, 0.15) is 38.2 Å². The second kappa shape index (κ2) is 8.88. The lowest BCUT2D eigenvalue weighted by molar-refractivity contribution is -0.119. The van der Waals surface area contributed by atoms with Crippen molar-refractivity contribution in [3.8, 4) is 5.40 Å². The van der Waals surface area contributed by atoms with Gasteiger partial charge in [0.25, 0.3) is 5.91 Å². The van der Waals surface area contributed by atoms with Gasteiger partial charge in [0.05, 0.1) is 0 Å². The number of anilines is 1. The van der Waals surface area contributed by atoms with Gasteiger partial charge in [0.2, 0.25) is 0 Å². The van der Waals surface area contributed by atoms with Gasteiger partial charge in [-0.3, -0.25) is 4.79 Å². The summed E-state index contributed by atoms with van der Waals surface area (Å²) in [5.74, 6) is -0.878. The maximum Gasteiger partial charge on any atom is 0.348 e. The number of nitrogens with one attached hydrogen (secondary N) is 1. The Morgan fingerprint density at radius 3 is 2.42 bits per heavy atom. The van der Waals surface area contributed by atoms with E-state index in [1.807, 2.05) is 51.3 Å². The molecule has 0 radical (unpaired) electrons. The van der Waals surface area contributed by atoms with Crippen LogP contribution in [-0.4, -0.2) is 18.5 Å². The van der Waals surface area contributed by atoms with Crippen LogP contribution in [0.15, 0.2) is 23.1 Å². The lowest BCUT2D eigenvalue weighted by Gasteiger charge is -2.13. The summed E-state index contributed by atoms with van der Waals surface area (Å²) < 4.78 is 5.13. The Morgan fingerprint density at radius 1 is 1.23 bits per heavy atom. The molecule has 136 valence electrons. The van der Waals surface area contributed by atoms with Crippen molar-refractivity contribution in [1.29, 1.82) is 5.26 Å². The highest BCUT2D eigenvalue weighted by atomic mass is 32.2. The van der Waals surface area contributed by atoms with Crippen LogP contribution in [0.3, 0.4) is 0 Å². The van der Waals surface area contributed by atoms with Crippen molar-refractivity contribution in [1.82, 2.24) is 0 Å². The van der Waals surface area contributed by atoms with Crippen LogP contribution in [-0.2, 0) is 16.0 Å². The van der Waals surface area contributed by atoms with Crippen molar-refractivity contribution in [3.63, 3.8) is 0 Å². The number of thioether (sulfide) groups is 1. The van der Waals surface area contributed by atoms with Gasteiger partial charge in [-0.05, 0) is 73.8 Å². The van der Waals surface area contributed by atoms with Crippen LogP contribution in [0.5, 0.6) is 0 Å². The number of esters is 1. The molecular weight excluding hydrogens is 368 g/mol. The number of ether oxygens (including phenoxy) is 1. The average Bonchev–Trinajstić information content (AvgIpc) is 2.97. The van der Waals surface area contributed by atoms with Crippen molar-refractivity contribution in [2.75, 3.05) is 11.9 Å². The molecule has 1 amide bonds. The Labute approximate surface area is 161 Å². The lowest BCUT2D eigenvalue weighted by atomic mass is 10.1. The molecule has 2 rings (SSSR count). The van der Waals surface area contributed by atoms with E-state index in [-0.39, 0.29) is 6.61 Å². The molecule has 0 fully saturated rings. The van der Waals surface area contributed by atoms with E-state index < -0.39 is 11.9 Å². The lowest BCUT2D eigenvalue weighted by Crippen LogP contribution is -2.21. The van der Waals surface area contributed by atoms with Gasteiger partial charge in [0.15, 0.2) is 6.61 Å². The zero-order valence-corrected chi connectivity index (χ0v) is 16.8. The number of amides is 1. The Morgan fingerprint density at radius 2 is 1.88 bits per heavy atom. The molecule has 0 aliphatic rings. The molecule has 0 unspecified atom stereocenters. The maximum absolute atomic E-state index is 12.1. The van der Waals surface area contributed by atoms with Crippen LogP contribution in [0.25, 0.3) is 0 Å². The highest BCUT2D eigenvalue weighted by molar-refractivity contribution is 8.03. The number of benzene rings is 1. The molecule has 0 aliphatic carbocycles. The number of hydrogen-bond acceptors (Lipinski definition) is 6. The summed E-state index contributed by atoms with van der Waals surface area (Å²) in [6.45, 7) is 7.37. The van der Waals surface area contributed by atoms with Crippen molar-refractivity contribution in [3.05, 3.63) is 44.6 Å². The highest BCUT2D eigenvalue weighted by Crippen LogP contribution is 2.27. The fourth-order valence-corrected chi connectivity index (χ4v) is 4.17. The molecule has 0 aliphatic heterocycles. The fourth-order valence-electron chi connectivity index (χ4n) is 2.58. The van der Waals surface area contributed by atoms with E-state index in [4.69, 9.17) is 10.00 Å². The predicted molar refractivity (Wildman–Crippen MR) is 105 cm³/mol. The van der Waals surface area contributed by atoms with Crippen LogP contribution in [0, 0.1) is 31.4 Å². The first-order chi connectivity index (χ1) is 12.3. The fraction of sp³-hybridized carbons (Fsp3) is 0.316. The van der Waals surface area contributed by atoms with Gasteiger partial charge < -0.3 is 10.1 Å². The smallest absolute Gasteiger partial charge is 0.348 e. The van der Waals surface area contributed by atoms with Crippen LogP contribution < -0.4 is 5.32 Å². The van der Waals surface area contributed by atoms with Gasteiger partial charge in [-0.2, -0.15) is 5.26 Å². The standard InChI is InChI=1S/C19H20N2O3S2/c1-5-14-8-16(26-13(14)4)19(23)24-9-17(22)21-18-11(2)6-15(25-10-20)7-12(18)3/h6-8H,5,9H2,1-4H3,(H,21,22). The van der Waals surface area contributed by atoms with Crippen molar-refractivity contribution in [2.24, 2.45) is 0 Å². The average molecular weight is 389 g/mol. The van der Waals surface area contributed by atoms with Gasteiger partial charge >= 0.3 is 5.97 Å². The SMILES string of the molecule is CCc1cc(C(=O)OCC(=O)Nc2c(C)cc(SC#N)cc2C)sc1C. The van der Waals surface area contributed by atoms with E-state index >= 15 is 0 Å². The first-order valence-electron chi connectivity index (χ1n) is 8.09. The summed E-state index contributed by atoms with van der Waals surface area (Å²) >= 11 is 2.45. The molecule has 5 nitrogen and oxygen atoms in total. The molecule has 7 heteroatoms. The Kier molecular flexibility index (Phi) is 6.83. The summed E-state index contributed by atoms with van der Waals surface area (Å²) in [6, 6.07) is 5.49. The third-order valence-corrected chi connectivity index (χ3v) is 5.51. The monoisotopic (exact) mass is 388 g/mol. The number of hydrogen-bond donors (Lipinski definition) is 1. The van der Waals surface area contributed by atoms with E-state index in [0.717, 1.165) is 44.6 Å².